The molecule has 0 N–H and O–H groups in total. The Balaban J connectivity index is -0.0000000450. The summed E-state index contributed by atoms with van der Waals surface area (Å²) in [6.45, 7) is 0. The molecule has 0 radical (unpaired) electrons. The number of rotatable bonds is 0. The van der Waals surface area contributed by atoms with Crippen LogP contribution in [0.25, 0.3) is 0 Å². The maximum atomic E-state index is 9.89. The molecular weight excluding hydrogens is 235 g/mol. The zero-order valence-electron chi connectivity index (χ0n) is 3.71. The molecule has 0 atom stereocenters. The van der Waals surface area contributed by atoms with Crippen molar-refractivity contribution >= 4 is 0 Å². The summed E-state index contributed by atoms with van der Waals surface area (Å²) in [4.78, 5) is 0. The fourth-order valence-electron chi connectivity index (χ4n) is 0. The molecule has 0 amide bonds. The fraction of sp³-hybridized carbons (Fsp3) is 0. The normalized spacial score (nSPS) is 5.40. The third-order valence-electron chi connectivity index (χ3n) is 0. The van der Waals surface area contributed by atoms with Crippen molar-refractivity contribution in [2.75, 3.05) is 0 Å². The molecule has 0 aromatic rings. The second-order valence-corrected chi connectivity index (χ2v) is 1.80. The number of hydrogen-bond acceptors (Lipinski definition) is 0. The molecule has 0 rings (SSSR count). The van der Waals surface area contributed by atoms with Crippen LogP contribution >= 0.6 is 0 Å². The van der Waals surface area contributed by atoms with Crippen molar-refractivity contribution < 1.29 is 89.9 Å². The van der Waals surface area contributed by atoms with Crippen molar-refractivity contribution in [1.82, 2.24) is 0 Å². The largest absolute Gasteiger partial charge is 1.00 e. The van der Waals surface area contributed by atoms with Crippen LogP contribution in [0.2, 0.25) is 0 Å². The van der Waals surface area contributed by atoms with Gasteiger partial charge in [-0.15, -0.1) is 0 Å². The Morgan fingerprint density at radius 1 is 1.20 bits per heavy atom. The maximum absolute atomic E-state index is 9.89. The first-order valence-corrected chi connectivity index (χ1v) is 4.77. The van der Waals surface area contributed by atoms with E-state index in [1.807, 2.05) is 0 Å². The van der Waals surface area contributed by atoms with Crippen LogP contribution in [0.4, 0.5) is 4.81 Å². The van der Waals surface area contributed by atoms with E-state index in [2.05, 4.69) is 0 Å². The number of halogens is 3. The molecule has 0 aromatic heterocycles. The summed E-state index contributed by atoms with van der Waals surface area (Å²) >= 11 is -5.22. The Labute approximate surface area is 87.4 Å². The van der Waals surface area contributed by atoms with Crippen molar-refractivity contribution in [1.29, 1.82) is 0 Å². The Bertz CT molecular complexity index is 15.5. The number of hydrogen-bond donors (Lipinski definition) is 0. The summed E-state index contributed by atoms with van der Waals surface area (Å²) < 4.78 is 29.7. The van der Waals surface area contributed by atoms with Gasteiger partial charge in [0, 0.05) is 0 Å². The molecule has 0 spiro atoms. The monoisotopic (exact) mass is 236 g/mol. The quantitative estimate of drug-likeness (QED) is 0.443. The van der Waals surface area contributed by atoms with Gasteiger partial charge in [-0.2, -0.15) is 0 Å². The van der Waals surface area contributed by atoms with E-state index in [0.29, 0.717) is 0 Å². The second kappa shape index (κ2) is 6.62. The topological polar surface area (TPSA) is 0 Å². The minimum Gasteiger partial charge on any atom is -1.00 e. The molecule has 0 saturated heterocycles. The van der Waals surface area contributed by atoms with Gasteiger partial charge in [-0.3, -0.25) is 0 Å². The van der Waals surface area contributed by atoms with Crippen molar-refractivity contribution in [3.63, 3.8) is 0 Å². The minimum atomic E-state index is -5.22. The molecule has 0 aliphatic rings. The summed E-state index contributed by atoms with van der Waals surface area (Å²) in [6, 6.07) is 0. The Morgan fingerprint density at radius 3 is 1.20 bits per heavy atom. The van der Waals surface area contributed by atoms with Crippen LogP contribution in [0.1, 0.15) is 1.43 Å². The molecule has 0 unspecified atom stereocenters. The Kier molecular flexibility index (Phi) is 14.0. The molecule has 0 bridgehead atoms. The molecule has 5 heteroatoms. The average molecular weight is 236 g/mol. The van der Waals surface area contributed by atoms with Gasteiger partial charge < -0.3 is 1.43 Å². The SMILES string of the molecule is [F][La]([F])[F].[H-].[K+]. The van der Waals surface area contributed by atoms with Crippen LogP contribution in [-0.4, -0.2) is 0 Å². The molecule has 0 fully saturated rings. The first-order valence-electron chi connectivity index (χ1n) is 0.655. The Hall–Kier alpha value is 2.62. The first-order chi connectivity index (χ1) is 1.73. The molecule has 26 valence electrons. The third kappa shape index (κ3) is 20.6. The average Bonchev–Trinajstić information content (AvgIpc) is 0.811. The van der Waals surface area contributed by atoms with Gasteiger partial charge in [-0.25, -0.2) is 0 Å². The summed E-state index contributed by atoms with van der Waals surface area (Å²) in [5.74, 6) is 0. The third-order valence-corrected chi connectivity index (χ3v) is 0. The van der Waals surface area contributed by atoms with Gasteiger partial charge in [0.1, 0.15) is 0 Å². The van der Waals surface area contributed by atoms with E-state index in [4.69, 9.17) is 0 Å². The van der Waals surface area contributed by atoms with Gasteiger partial charge in [0.15, 0.2) is 0 Å². The van der Waals surface area contributed by atoms with Crippen LogP contribution in [0.3, 0.4) is 0 Å². The molecule has 0 aromatic carbocycles. The zero-order chi connectivity index (χ0) is 3.58. The van der Waals surface area contributed by atoms with Crippen molar-refractivity contribution in [3.05, 3.63) is 0 Å². The van der Waals surface area contributed by atoms with E-state index in [0.717, 1.165) is 0 Å². The van der Waals surface area contributed by atoms with E-state index in [9.17, 15) is 4.81 Å². The van der Waals surface area contributed by atoms with E-state index < -0.39 is 32.2 Å². The van der Waals surface area contributed by atoms with Gasteiger partial charge >= 0.3 is 88.4 Å². The molecule has 0 aliphatic heterocycles. The molecule has 0 nitrogen and oxygen atoms in total. The van der Waals surface area contributed by atoms with Crippen molar-refractivity contribution in [2.24, 2.45) is 0 Å². The molecular formula is HF3KLa. The van der Waals surface area contributed by atoms with Crippen molar-refractivity contribution in [2.45, 2.75) is 0 Å². The van der Waals surface area contributed by atoms with Crippen LogP contribution in [0.15, 0.2) is 0 Å². The van der Waals surface area contributed by atoms with Gasteiger partial charge in [0.2, 0.25) is 0 Å². The predicted molar refractivity (Wildman–Crippen MR) is 4.44 cm³/mol. The van der Waals surface area contributed by atoms with Gasteiger partial charge in [-0.1, -0.05) is 0 Å². The van der Waals surface area contributed by atoms with E-state index in [1.54, 1.807) is 0 Å². The summed E-state index contributed by atoms with van der Waals surface area (Å²) in [5.41, 5.74) is 0. The molecule has 0 aliphatic carbocycles. The van der Waals surface area contributed by atoms with Crippen molar-refractivity contribution in [3.8, 4) is 0 Å². The Morgan fingerprint density at radius 2 is 1.20 bits per heavy atom. The van der Waals surface area contributed by atoms with Crippen LogP contribution in [-0.2, 0) is 0 Å². The minimum absolute atomic E-state index is 0. The summed E-state index contributed by atoms with van der Waals surface area (Å²) in [7, 11) is 0. The second-order valence-electron chi connectivity index (χ2n) is 0.247. The van der Waals surface area contributed by atoms with Crippen LogP contribution in [0, 0.1) is 32.2 Å². The standard InChI is InChI=1S/3FH.K.La.H/h3*1H;;;/q;;;+1;+3;-1/p-3. The van der Waals surface area contributed by atoms with Crippen LogP contribution in [0.5, 0.6) is 0 Å². The summed E-state index contributed by atoms with van der Waals surface area (Å²) in [5, 5.41) is 0. The van der Waals surface area contributed by atoms with Crippen LogP contribution < -0.4 is 51.4 Å². The molecule has 5 heavy (non-hydrogen) atoms. The molecule has 0 heterocycles. The zero-order valence-corrected chi connectivity index (χ0v) is 9.46. The van der Waals surface area contributed by atoms with E-state index in [-0.39, 0.29) is 52.8 Å². The van der Waals surface area contributed by atoms with Gasteiger partial charge in [-0.05, 0) is 0 Å². The van der Waals surface area contributed by atoms with E-state index in [1.165, 1.54) is 0 Å². The van der Waals surface area contributed by atoms with Gasteiger partial charge in [0.25, 0.3) is 0 Å². The fourth-order valence-corrected chi connectivity index (χ4v) is 0. The summed E-state index contributed by atoms with van der Waals surface area (Å²) in [6.07, 6.45) is 0. The maximum Gasteiger partial charge on any atom is 1.00 e. The predicted octanol–water partition coefficient (Wildman–Crippen LogP) is -1.62. The van der Waals surface area contributed by atoms with E-state index >= 15 is 0 Å². The smallest absolute Gasteiger partial charge is 1.00 e. The first kappa shape index (κ1) is 10.6. The van der Waals surface area contributed by atoms with Gasteiger partial charge in [0.05, 0.1) is 0 Å². The molecule has 0 saturated carbocycles.